The largest absolute Gasteiger partial charge is 0.508 e. The molecule has 0 saturated carbocycles. The maximum Gasteiger partial charge on any atom is 0.244 e. The molecule has 6 nitrogen and oxygen atoms in total. The summed E-state index contributed by atoms with van der Waals surface area (Å²) in [6, 6.07) is 11.1. The number of hydrogen-bond acceptors (Lipinski definition) is 5. The smallest absolute Gasteiger partial charge is 0.244 e. The number of nitrogens with zero attached hydrogens (tertiary/aromatic N) is 4. The minimum Gasteiger partial charge on any atom is -0.508 e. The van der Waals surface area contributed by atoms with E-state index in [-0.39, 0.29) is 11.9 Å². The minimum atomic E-state index is -0.214. The number of amides is 1. The van der Waals surface area contributed by atoms with Crippen LogP contribution in [-0.4, -0.2) is 70.0 Å². The Hall–Kier alpha value is -2.44. The van der Waals surface area contributed by atoms with E-state index in [9.17, 15) is 9.90 Å². The molecule has 4 rings (SSSR count). The highest BCUT2D eigenvalue weighted by Gasteiger charge is 2.34. The van der Waals surface area contributed by atoms with Gasteiger partial charge in [-0.25, -0.2) is 0 Å². The highest BCUT2D eigenvalue weighted by Crippen LogP contribution is 2.27. The van der Waals surface area contributed by atoms with Gasteiger partial charge in [-0.3, -0.25) is 19.6 Å². The van der Waals surface area contributed by atoms with Crippen molar-refractivity contribution in [2.75, 3.05) is 39.3 Å². The van der Waals surface area contributed by atoms with Crippen LogP contribution in [0.1, 0.15) is 30.0 Å². The molecule has 1 N–H and O–H groups in total. The Kier molecular flexibility index (Phi) is 5.88. The quantitative estimate of drug-likeness (QED) is 0.862. The number of piperazine rings is 1. The molecule has 2 aliphatic rings. The van der Waals surface area contributed by atoms with Crippen molar-refractivity contribution in [2.24, 2.45) is 0 Å². The maximum absolute atomic E-state index is 13.4. The van der Waals surface area contributed by atoms with E-state index in [4.69, 9.17) is 0 Å². The summed E-state index contributed by atoms with van der Waals surface area (Å²) >= 11 is 0. The van der Waals surface area contributed by atoms with E-state index in [0.717, 1.165) is 69.8 Å². The Morgan fingerprint density at radius 2 is 1.82 bits per heavy atom. The molecule has 2 aromatic rings. The fraction of sp³-hybridized carbons (Fsp3) is 0.455. The summed E-state index contributed by atoms with van der Waals surface area (Å²) in [4.78, 5) is 24.3. The summed E-state index contributed by atoms with van der Waals surface area (Å²) in [6.07, 6.45) is 5.90. The first-order valence-electron chi connectivity index (χ1n) is 10.1. The van der Waals surface area contributed by atoms with Crippen LogP contribution in [0.4, 0.5) is 0 Å². The van der Waals surface area contributed by atoms with Crippen molar-refractivity contribution in [3.05, 3.63) is 59.9 Å². The number of hydrogen-bond donors (Lipinski definition) is 1. The van der Waals surface area contributed by atoms with Gasteiger partial charge in [-0.05, 0) is 55.3 Å². The van der Waals surface area contributed by atoms with Crippen LogP contribution in [0.5, 0.6) is 5.75 Å². The number of carbonyl (C=O) groups excluding carboxylic acids is 1. The number of phenols is 1. The molecule has 1 aromatic heterocycles. The van der Waals surface area contributed by atoms with Crippen LogP contribution in [0.2, 0.25) is 0 Å². The molecule has 1 atom stereocenters. The average molecular weight is 380 g/mol. The monoisotopic (exact) mass is 380 g/mol. The van der Waals surface area contributed by atoms with Crippen molar-refractivity contribution in [3.63, 3.8) is 0 Å². The fourth-order valence-electron chi connectivity index (χ4n) is 4.26. The van der Waals surface area contributed by atoms with Gasteiger partial charge in [0.2, 0.25) is 5.91 Å². The molecule has 1 unspecified atom stereocenters. The van der Waals surface area contributed by atoms with Crippen LogP contribution in [0.3, 0.4) is 0 Å². The number of pyridine rings is 1. The first-order chi connectivity index (χ1) is 13.7. The normalized spacial score (nSPS) is 19.6. The van der Waals surface area contributed by atoms with E-state index in [1.165, 1.54) is 0 Å². The van der Waals surface area contributed by atoms with Gasteiger partial charge >= 0.3 is 0 Å². The molecule has 2 saturated heterocycles. The molecule has 2 fully saturated rings. The maximum atomic E-state index is 13.4. The van der Waals surface area contributed by atoms with E-state index >= 15 is 0 Å². The van der Waals surface area contributed by atoms with Gasteiger partial charge in [0.15, 0.2) is 0 Å². The Labute approximate surface area is 166 Å². The number of rotatable bonds is 5. The standard InChI is InChI=1S/C22H28N4O2/c27-20-7-3-5-18(15-20)17-24-11-13-26(14-12-24)22(28)21(25-9-1-2-10-25)19-6-4-8-23-16-19/h3-8,15-16,21,27H,1-2,9-14,17H2. The van der Waals surface area contributed by atoms with Crippen LogP contribution in [0.15, 0.2) is 48.8 Å². The van der Waals surface area contributed by atoms with Crippen molar-refractivity contribution in [1.82, 2.24) is 19.7 Å². The molecule has 3 heterocycles. The summed E-state index contributed by atoms with van der Waals surface area (Å²) < 4.78 is 0. The number of carbonyl (C=O) groups is 1. The summed E-state index contributed by atoms with van der Waals surface area (Å²) in [5.74, 6) is 0.503. The molecule has 28 heavy (non-hydrogen) atoms. The predicted molar refractivity (Wildman–Crippen MR) is 108 cm³/mol. The van der Waals surface area contributed by atoms with Crippen molar-refractivity contribution < 1.29 is 9.90 Å². The number of aromatic nitrogens is 1. The van der Waals surface area contributed by atoms with Crippen LogP contribution in [0.25, 0.3) is 0 Å². The summed E-state index contributed by atoms with van der Waals surface area (Å²) in [7, 11) is 0. The highest BCUT2D eigenvalue weighted by molar-refractivity contribution is 5.83. The van der Waals surface area contributed by atoms with Gasteiger partial charge in [0.1, 0.15) is 11.8 Å². The number of aromatic hydroxyl groups is 1. The molecule has 0 aliphatic carbocycles. The van der Waals surface area contributed by atoms with Gasteiger partial charge in [-0.1, -0.05) is 18.2 Å². The first-order valence-corrected chi connectivity index (χ1v) is 10.1. The Balaban J connectivity index is 1.40. The molecular formula is C22H28N4O2. The summed E-state index contributed by atoms with van der Waals surface area (Å²) in [5.41, 5.74) is 2.10. The van der Waals surface area contributed by atoms with Gasteiger partial charge in [0, 0.05) is 45.1 Å². The van der Waals surface area contributed by atoms with E-state index in [2.05, 4.69) is 14.8 Å². The molecule has 6 heteroatoms. The number of likely N-dealkylation sites (tertiary alicyclic amines) is 1. The lowest BCUT2D eigenvalue weighted by Gasteiger charge is -2.38. The molecule has 148 valence electrons. The molecular weight excluding hydrogens is 352 g/mol. The number of phenolic OH excluding ortho intramolecular Hbond substituents is 1. The van der Waals surface area contributed by atoms with Crippen molar-refractivity contribution >= 4 is 5.91 Å². The topological polar surface area (TPSA) is 59.9 Å². The van der Waals surface area contributed by atoms with Gasteiger partial charge in [-0.2, -0.15) is 0 Å². The first kappa shape index (κ1) is 18.9. The van der Waals surface area contributed by atoms with Crippen LogP contribution < -0.4 is 0 Å². The van der Waals surface area contributed by atoms with Crippen molar-refractivity contribution in [3.8, 4) is 5.75 Å². The Morgan fingerprint density at radius 1 is 1.04 bits per heavy atom. The van der Waals surface area contributed by atoms with E-state index in [0.29, 0.717) is 5.75 Å². The molecule has 1 aromatic carbocycles. The average Bonchev–Trinajstić information content (AvgIpc) is 3.24. The Morgan fingerprint density at radius 3 is 2.50 bits per heavy atom. The Bertz CT molecular complexity index is 784. The van der Waals surface area contributed by atoms with Crippen LogP contribution in [0, 0.1) is 0 Å². The van der Waals surface area contributed by atoms with E-state index in [1.54, 1.807) is 12.3 Å². The third kappa shape index (κ3) is 4.34. The zero-order valence-corrected chi connectivity index (χ0v) is 16.2. The molecule has 0 bridgehead atoms. The predicted octanol–water partition coefficient (Wildman–Crippen LogP) is 2.27. The number of benzene rings is 1. The minimum absolute atomic E-state index is 0.201. The molecule has 2 aliphatic heterocycles. The third-order valence-corrected chi connectivity index (χ3v) is 5.74. The molecule has 0 spiro atoms. The SMILES string of the molecule is O=C(C(c1cccnc1)N1CCCC1)N1CCN(Cc2cccc(O)c2)CC1. The van der Waals surface area contributed by atoms with Gasteiger partial charge < -0.3 is 10.0 Å². The zero-order chi connectivity index (χ0) is 19.3. The van der Waals surface area contributed by atoms with E-state index < -0.39 is 0 Å². The second-order valence-corrected chi connectivity index (χ2v) is 7.70. The van der Waals surface area contributed by atoms with Gasteiger partial charge in [-0.15, -0.1) is 0 Å². The lowest BCUT2D eigenvalue weighted by Crippen LogP contribution is -2.51. The summed E-state index contributed by atoms with van der Waals surface area (Å²) in [5, 5.41) is 9.65. The van der Waals surface area contributed by atoms with Gasteiger partial charge in [0.05, 0.1) is 0 Å². The second kappa shape index (κ2) is 8.71. The lowest BCUT2D eigenvalue weighted by molar-refractivity contribution is -0.138. The van der Waals surface area contributed by atoms with Crippen molar-refractivity contribution in [2.45, 2.75) is 25.4 Å². The van der Waals surface area contributed by atoms with Crippen molar-refractivity contribution in [1.29, 1.82) is 0 Å². The van der Waals surface area contributed by atoms with E-state index in [1.807, 2.05) is 41.4 Å². The fourth-order valence-corrected chi connectivity index (χ4v) is 4.26. The molecule has 0 radical (unpaired) electrons. The second-order valence-electron chi connectivity index (χ2n) is 7.70. The lowest BCUT2D eigenvalue weighted by atomic mass is 10.1. The van der Waals surface area contributed by atoms with Crippen LogP contribution in [-0.2, 0) is 11.3 Å². The zero-order valence-electron chi connectivity index (χ0n) is 16.2. The third-order valence-electron chi connectivity index (χ3n) is 5.74. The summed E-state index contributed by atoms with van der Waals surface area (Å²) in [6.45, 7) is 5.92. The van der Waals surface area contributed by atoms with Crippen LogP contribution >= 0.6 is 0 Å². The molecule has 1 amide bonds. The highest BCUT2D eigenvalue weighted by atomic mass is 16.3. The van der Waals surface area contributed by atoms with Gasteiger partial charge in [0.25, 0.3) is 0 Å².